The zero-order valence-corrected chi connectivity index (χ0v) is 6.80. The van der Waals surface area contributed by atoms with Crippen LogP contribution in [0.15, 0.2) is 18.5 Å². The van der Waals surface area contributed by atoms with Gasteiger partial charge in [0, 0.05) is 25.0 Å². The molecule has 2 heteroatoms. The van der Waals surface area contributed by atoms with Gasteiger partial charge in [-0.2, -0.15) is 0 Å². The Bertz CT molecular complexity index is 215. The maximum atomic E-state index is 3.49. The van der Waals surface area contributed by atoms with Crippen molar-refractivity contribution < 1.29 is 0 Å². The lowest BCUT2D eigenvalue weighted by atomic mass is 10.3. The summed E-state index contributed by atoms with van der Waals surface area (Å²) in [6.07, 6.45) is 5.36. The quantitative estimate of drug-likeness (QED) is 0.671. The Kier molecular flexibility index (Phi) is 1.70. The molecule has 0 aliphatic heterocycles. The molecular formula is C9H14N2. The molecule has 2 rings (SSSR count). The number of aromatic nitrogens is 1. The Hall–Kier alpha value is -0.760. The summed E-state index contributed by atoms with van der Waals surface area (Å²) in [7, 11) is 0. The fraction of sp³-hybridized carbons (Fsp3) is 0.556. The molecule has 2 nitrogen and oxygen atoms in total. The highest BCUT2D eigenvalue weighted by atomic mass is 15.0. The van der Waals surface area contributed by atoms with Crippen LogP contribution in [0.5, 0.6) is 0 Å². The third kappa shape index (κ3) is 1.63. The van der Waals surface area contributed by atoms with Crippen molar-refractivity contribution in [3.8, 4) is 0 Å². The molecule has 1 aliphatic rings. The van der Waals surface area contributed by atoms with Gasteiger partial charge >= 0.3 is 0 Å². The maximum absolute atomic E-state index is 3.49. The highest BCUT2D eigenvalue weighted by Crippen LogP contribution is 2.29. The first-order chi connectivity index (χ1) is 5.36. The summed E-state index contributed by atoms with van der Waals surface area (Å²) in [4.78, 5) is 3.05. The SMILES string of the molecule is CC1CC1NCc1cc[nH]c1. The maximum Gasteiger partial charge on any atom is 0.0223 e. The van der Waals surface area contributed by atoms with Crippen LogP contribution in [0.4, 0.5) is 0 Å². The number of H-pyrrole nitrogens is 1. The van der Waals surface area contributed by atoms with Gasteiger partial charge in [-0.15, -0.1) is 0 Å². The van der Waals surface area contributed by atoms with Crippen molar-refractivity contribution in [3.05, 3.63) is 24.0 Å². The summed E-state index contributed by atoms with van der Waals surface area (Å²) < 4.78 is 0. The Labute approximate surface area is 67.0 Å². The molecule has 2 atom stereocenters. The van der Waals surface area contributed by atoms with Crippen LogP contribution in [0.2, 0.25) is 0 Å². The number of hydrogen-bond acceptors (Lipinski definition) is 1. The first kappa shape index (κ1) is 6.92. The lowest BCUT2D eigenvalue weighted by Gasteiger charge is -1.98. The van der Waals surface area contributed by atoms with E-state index in [4.69, 9.17) is 0 Å². The number of rotatable bonds is 3. The van der Waals surface area contributed by atoms with Gasteiger partial charge in [0.05, 0.1) is 0 Å². The summed E-state index contributed by atoms with van der Waals surface area (Å²) in [6, 6.07) is 2.89. The van der Waals surface area contributed by atoms with Gasteiger partial charge in [0.2, 0.25) is 0 Å². The second-order valence-electron chi connectivity index (χ2n) is 3.42. The van der Waals surface area contributed by atoms with Crippen LogP contribution in [0.3, 0.4) is 0 Å². The fourth-order valence-corrected chi connectivity index (χ4v) is 1.32. The second kappa shape index (κ2) is 2.70. The largest absolute Gasteiger partial charge is 0.367 e. The van der Waals surface area contributed by atoms with E-state index >= 15 is 0 Å². The van der Waals surface area contributed by atoms with Crippen molar-refractivity contribution in [2.24, 2.45) is 5.92 Å². The zero-order valence-electron chi connectivity index (χ0n) is 6.80. The van der Waals surface area contributed by atoms with E-state index in [2.05, 4.69) is 23.3 Å². The molecule has 1 aromatic heterocycles. The van der Waals surface area contributed by atoms with E-state index in [9.17, 15) is 0 Å². The number of nitrogens with one attached hydrogen (secondary N) is 2. The van der Waals surface area contributed by atoms with Gasteiger partial charge in [-0.05, 0) is 24.0 Å². The van der Waals surface area contributed by atoms with Gasteiger partial charge in [0.1, 0.15) is 0 Å². The molecule has 1 fully saturated rings. The van der Waals surface area contributed by atoms with Crippen molar-refractivity contribution in [2.75, 3.05) is 0 Å². The molecular weight excluding hydrogens is 136 g/mol. The molecule has 1 aliphatic carbocycles. The minimum atomic E-state index is 0.782. The van der Waals surface area contributed by atoms with Crippen LogP contribution in [0.1, 0.15) is 18.9 Å². The monoisotopic (exact) mass is 150 g/mol. The van der Waals surface area contributed by atoms with Crippen LogP contribution in [0, 0.1) is 5.92 Å². The predicted molar refractivity (Wildman–Crippen MR) is 45.2 cm³/mol. The lowest BCUT2D eigenvalue weighted by Crippen LogP contribution is -2.16. The lowest BCUT2D eigenvalue weighted by molar-refractivity contribution is 0.653. The Morgan fingerprint density at radius 3 is 3.09 bits per heavy atom. The molecule has 2 N–H and O–H groups in total. The van der Waals surface area contributed by atoms with Crippen molar-refractivity contribution in [1.82, 2.24) is 10.3 Å². The second-order valence-corrected chi connectivity index (χ2v) is 3.42. The molecule has 0 aromatic carbocycles. The van der Waals surface area contributed by atoms with E-state index < -0.39 is 0 Å². The Morgan fingerprint density at radius 1 is 1.73 bits per heavy atom. The summed E-state index contributed by atoms with van der Waals surface area (Å²) in [6.45, 7) is 3.30. The van der Waals surface area contributed by atoms with Crippen LogP contribution >= 0.6 is 0 Å². The van der Waals surface area contributed by atoms with Gasteiger partial charge in [0.15, 0.2) is 0 Å². The van der Waals surface area contributed by atoms with E-state index in [0.717, 1.165) is 18.5 Å². The van der Waals surface area contributed by atoms with Crippen molar-refractivity contribution in [3.63, 3.8) is 0 Å². The smallest absolute Gasteiger partial charge is 0.0223 e. The molecule has 0 saturated heterocycles. The molecule has 11 heavy (non-hydrogen) atoms. The van der Waals surface area contributed by atoms with E-state index in [1.807, 2.05) is 12.4 Å². The number of aromatic amines is 1. The van der Waals surface area contributed by atoms with E-state index in [-0.39, 0.29) is 0 Å². The molecule has 0 spiro atoms. The fourth-order valence-electron chi connectivity index (χ4n) is 1.32. The average Bonchev–Trinajstić information content (AvgIpc) is 2.55. The topological polar surface area (TPSA) is 27.8 Å². The summed E-state index contributed by atoms with van der Waals surface area (Å²) >= 11 is 0. The van der Waals surface area contributed by atoms with E-state index in [1.54, 1.807) is 0 Å². The first-order valence-electron chi connectivity index (χ1n) is 4.21. The first-order valence-corrected chi connectivity index (χ1v) is 4.21. The molecule has 60 valence electrons. The number of hydrogen-bond donors (Lipinski definition) is 2. The molecule has 0 bridgehead atoms. The van der Waals surface area contributed by atoms with Gasteiger partial charge < -0.3 is 10.3 Å². The van der Waals surface area contributed by atoms with Crippen molar-refractivity contribution in [1.29, 1.82) is 0 Å². The van der Waals surface area contributed by atoms with Gasteiger partial charge in [0.25, 0.3) is 0 Å². The van der Waals surface area contributed by atoms with E-state index in [1.165, 1.54) is 12.0 Å². The standard InChI is InChI=1S/C9H14N2/c1-7-4-9(7)11-6-8-2-3-10-5-8/h2-3,5,7,9-11H,4,6H2,1H3. The van der Waals surface area contributed by atoms with Crippen LogP contribution in [-0.4, -0.2) is 11.0 Å². The molecule has 1 saturated carbocycles. The van der Waals surface area contributed by atoms with Gasteiger partial charge in [-0.3, -0.25) is 0 Å². The van der Waals surface area contributed by atoms with Crippen molar-refractivity contribution >= 4 is 0 Å². The Morgan fingerprint density at radius 2 is 2.55 bits per heavy atom. The zero-order chi connectivity index (χ0) is 7.68. The predicted octanol–water partition coefficient (Wildman–Crippen LogP) is 1.51. The summed E-state index contributed by atoms with van der Waals surface area (Å²) in [5.41, 5.74) is 1.35. The third-order valence-electron chi connectivity index (χ3n) is 2.34. The minimum Gasteiger partial charge on any atom is -0.367 e. The average molecular weight is 150 g/mol. The van der Waals surface area contributed by atoms with Crippen LogP contribution < -0.4 is 5.32 Å². The minimum absolute atomic E-state index is 0.782. The van der Waals surface area contributed by atoms with Crippen LogP contribution in [0.25, 0.3) is 0 Å². The van der Waals surface area contributed by atoms with E-state index in [0.29, 0.717) is 0 Å². The highest BCUT2D eigenvalue weighted by Gasteiger charge is 2.31. The molecule has 0 amide bonds. The summed E-state index contributed by atoms with van der Waals surface area (Å²) in [5, 5.41) is 3.49. The van der Waals surface area contributed by atoms with Gasteiger partial charge in [-0.1, -0.05) is 6.92 Å². The van der Waals surface area contributed by atoms with Gasteiger partial charge in [-0.25, -0.2) is 0 Å². The molecule has 0 radical (unpaired) electrons. The highest BCUT2D eigenvalue weighted by molar-refractivity contribution is 5.08. The molecule has 1 aromatic rings. The Balaban J connectivity index is 1.75. The van der Waals surface area contributed by atoms with Crippen LogP contribution in [-0.2, 0) is 6.54 Å². The molecule has 1 heterocycles. The summed E-state index contributed by atoms with van der Waals surface area (Å²) in [5.74, 6) is 0.897. The third-order valence-corrected chi connectivity index (χ3v) is 2.34. The normalized spacial score (nSPS) is 28.8. The molecule has 2 unspecified atom stereocenters. The van der Waals surface area contributed by atoms with Crippen molar-refractivity contribution in [2.45, 2.75) is 25.9 Å².